The van der Waals surface area contributed by atoms with Gasteiger partial charge >= 0.3 is 0 Å². The van der Waals surface area contributed by atoms with Crippen molar-refractivity contribution in [3.8, 4) is 11.5 Å². The van der Waals surface area contributed by atoms with Crippen molar-refractivity contribution in [2.45, 2.75) is 25.3 Å². The van der Waals surface area contributed by atoms with Crippen molar-refractivity contribution in [2.24, 2.45) is 0 Å². The lowest BCUT2D eigenvalue weighted by molar-refractivity contribution is 0.0740. The van der Waals surface area contributed by atoms with Gasteiger partial charge in [0.2, 0.25) is 0 Å². The Labute approximate surface area is 166 Å². The number of rotatable bonds is 2. The largest absolute Gasteiger partial charge is 0.490 e. The number of carbonyl (C=O) groups excluding carboxylic acids is 1. The van der Waals surface area contributed by atoms with Crippen LogP contribution in [0.2, 0.25) is 0 Å². The first kappa shape index (κ1) is 17.5. The maximum Gasteiger partial charge on any atom is 0.264 e. The molecule has 1 aromatic heterocycles. The molecule has 144 valence electrons. The second-order valence-corrected chi connectivity index (χ2v) is 8.29. The molecule has 0 saturated carbocycles. The lowest BCUT2D eigenvalue weighted by Gasteiger charge is -2.25. The van der Waals surface area contributed by atoms with Gasteiger partial charge in [0.1, 0.15) is 5.82 Å². The Morgan fingerprint density at radius 2 is 1.89 bits per heavy atom. The molecule has 0 spiro atoms. The number of carbonyl (C=O) groups is 1. The van der Waals surface area contributed by atoms with Gasteiger partial charge < -0.3 is 14.4 Å². The van der Waals surface area contributed by atoms with E-state index in [2.05, 4.69) is 0 Å². The Bertz CT molecular complexity index is 1050. The highest BCUT2D eigenvalue weighted by molar-refractivity contribution is 7.20. The van der Waals surface area contributed by atoms with Gasteiger partial charge in [0, 0.05) is 17.7 Å². The molecular weight excluding hydrogens is 377 g/mol. The van der Waals surface area contributed by atoms with Gasteiger partial charge in [-0.3, -0.25) is 4.79 Å². The Morgan fingerprint density at radius 1 is 1.04 bits per heavy atom. The van der Waals surface area contributed by atoms with Gasteiger partial charge in [-0.1, -0.05) is 6.07 Å². The van der Waals surface area contributed by atoms with E-state index in [1.165, 1.54) is 23.5 Å². The van der Waals surface area contributed by atoms with E-state index in [1.54, 1.807) is 12.1 Å². The maximum absolute atomic E-state index is 13.5. The quantitative estimate of drug-likeness (QED) is 0.598. The van der Waals surface area contributed by atoms with Gasteiger partial charge in [0.05, 0.1) is 24.1 Å². The van der Waals surface area contributed by atoms with E-state index in [4.69, 9.17) is 9.47 Å². The normalized spacial score (nSPS) is 19.0. The first-order chi connectivity index (χ1) is 13.7. The third-order valence-corrected chi connectivity index (χ3v) is 6.46. The van der Waals surface area contributed by atoms with Crippen molar-refractivity contribution >= 4 is 27.3 Å². The van der Waals surface area contributed by atoms with Crippen LogP contribution in [0, 0.1) is 5.82 Å². The van der Waals surface area contributed by atoms with Gasteiger partial charge in [-0.05, 0) is 60.2 Å². The average molecular weight is 397 g/mol. The zero-order valence-corrected chi connectivity index (χ0v) is 16.1. The first-order valence-corrected chi connectivity index (χ1v) is 10.4. The van der Waals surface area contributed by atoms with E-state index in [-0.39, 0.29) is 17.8 Å². The summed E-state index contributed by atoms with van der Waals surface area (Å²) < 4.78 is 25.9. The summed E-state index contributed by atoms with van der Waals surface area (Å²) in [6.07, 6.45) is 2.75. The van der Waals surface area contributed by atoms with Crippen LogP contribution in [-0.2, 0) is 0 Å². The second kappa shape index (κ2) is 7.09. The number of likely N-dealkylation sites (tertiary alicyclic amines) is 1. The number of hydrogen-bond donors (Lipinski definition) is 0. The number of hydrogen-bond acceptors (Lipinski definition) is 4. The number of ether oxygens (including phenoxy) is 2. The molecule has 0 radical (unpaired) electrons. The molecule has 5 rings (SSSR count). The highest BCUT2D eigenvalue weighted by Gasteiger charge is 2.32. The number of halogens is 1. The number of benzene rings is 2. The van der Waals surface area contributed by atoms with E-state index in [1.807, 2.05) is 23.1 Å². The summed E-state index contributed by atoms with van der Waals surface area (Å²) in [5.41, 5.74) is 1.07. The van der Waals surface area contributed by atoms with E-state index in [9.17, 15) is 9.18 Å². The molecule has 2 aliphatic rings. The van der Waals surface area contributed by atoms with Crippen LogP contribution in [0.3, 0.4) is 0 Å². The van der Waals surface area contributed by atoms with Gasteiger partial charge in [-0.15, -0.1) is 11.3 Å². The lowest BCUT2D eigenvalue weighted by atomic mass is 10.0. The van der Waals surface area contributed by atoms with E-state index >= 15 is 0 Å². The fraction of sp³-hybridized carbons (Fsp3) is 0.318. The van der Waals surface area contributed by atoms with Crippen molar-refractivity contribution in [1.82, 2.24) is 4.90 Å². The standard InChI is InChI=1S/C22H20FNO3S/c23-16-5-7-20-15(11-16)13-21(28-20)22(25)24-8-1-3-17(24)14-4-6-18-19(12-14)27-10-2-9-26-18/h4-7,11-13,17H,1-3,8-10H2/t17-/m0/s1. The summed E-state index contributed by atoms with van der Waals surface area (Å²) in [7, 11) is 0. The van der Waals surface area contributed by atoms with Crippen LogP contribution in [0.1, 0.15) is 40.5 Å². The molecule has 1 atom stereocenters. The monoisotopic (exact) mass is 397 g/mol. The molecule has 1 fully saturated rings. The van der Waals surface area contributed by atoms with Crippen molar-refractivity contribution in [2.75, 3.05) is 19.8 Å². The second-order valence-electron chi connectivity index (χ2n) is 7.21. The van der Waals surface area contributed by atoms with Crippen molar-refractivity contribution in [3.63, 3.8) is 0 Å². The van der Waals surface area contributed by atoms with Crippen LogP contribution in [-0.4, -0.2) is 30.6 Å². The van der Waals surface area contributed by atoms with E-state index in [0.717, 1.165) is 53.0 Å². The van der Waals surface area contributed by atoms with Crippen molar-refractivity contribution in [1.29, 1.82) is 0 Å². The lowest BCUT2D eigenvalue weighted by Crippen LogP contribution is -2.29. The van der Waals surface area contributed by atoms with Crippen molar-refractivity contribution in [3.05, 3.63) is 58.7 Å². The third kappa shape index (κ3) is 3.11. The Balaban J connectivity index is 1.44. The Hall–Kier alpha value is -2.60. The maximum atomic E-state index is 13.5. The molecule has 3 heterocycles. The zero-order valence-electron chi connectivity index (χ0n) is 15.3. The minimum atomic E-state index is -0.282. The Morgan fingerprint density at radius 3 is 2.79 bits per heavy atom. The van der Waals surface area contributed by atoms with Crippen LogP contribution in [0.5, 0.6) is 11.5 Å². The molecule has 28 heavy (non-hydrogen) atoms. The highest BCUT2D eigenvalue weighted by atomic mass is 32.1. The average Bonchev–Trinajstić information content (AvgIpc) is 3.28. The van der Waals surface area contributed by atoms with E-state index in [0.29, 0.717) is 18.1 Å². The van der Waals surface area contributed by atoms with Gasteiger partial charge in [0.15, 0.2) is 11.5 Å². The van der Waals surface area contributed by atoms with Gasteiger partial charge in [-0.25, -0.2) is 4.39 Å². The van der Waals surface area contributed by atoms with Crippen LogP contribution in [0.25, 0.3) is 10.1 Å². The Kier molecular flexibility index (Phi) is 4.43. The predicted octanol–water partition coefficient (Wildman–Crippen LogP) is 5.18. The number of fused-ring (bicyclic) bond motifs is 2. The van der Waals surface area contributed by atoms with E-state index < -0.39 is 0 Å². The van der Waals surface area contributed by atoms with Crippen LogP contribution < -0.4 is 9.47 Å². The smallest absolute Gasteiger partial charge is 0.264 e. The third-order valence-electron chi connectivity index (χ3n) is 5.36. The van der Waals surface area contributed by atoms with Crippen LogP contribution in [0.15, 0.2) is 42.5 Å². The highest BCUT2D eigenvalue weighted by Crippen LogP contribution is 2.39. The molecule has 4 nitrogen and oxygen atoms in total. The minimum absolute atomic E-state index is 0.0104. The first-order valence-electron chi connectivity index (χ1n) is 9.59. The molecule has 2 aromatic carbocycles. The zero-order chi connectivity index (χ0) is 19.1. The van der Waals surface area contributed by atoms with Gasteiger partial charge in [-0.2, -0.15) is 0 Å². The molecule has 0 N–H and O–H groups in total. The summed E-state index contributed by atoms with van der Waals surface area (Å²) in [4.78, 5) is 15.8. The molecule has 0 aliphatic carbocycles. The van der Waals surface area contributed by atoms with Crippen molar-refractivity contribution < 1.29 is 18.7 Å². The molecule has 0 bridgehead atoms. The molecule has 1 amide bonds. The SMILES string of the molecule is O=C(c1cc2cc(F)ccc2s1)N1CCC[C@H]1c1ccc2c(c1)OCCCO2. The molecular formula is C22H20FNO3S. The number of thiophene rings is 1. The summed E-state index contributed by atoms with van der Waals surface area (Å²) in [5, 5.41) is 0.777. The number of nitrogens with zero attached hydrogens (tertiary/aromatic N) is 1. The fourth-order valence-corrected chi connectivity index (χ4v) is 5.00. The summed E-state index contributed by atoms with van der Waals surface area (Å²) >= 11 is 1.42. The molecule has 6 heteroatoms. The summed E-state index contributed by atoms with van der Waals surface area (Å²) in [6.45, 7) is 2.02. The molecule has 0 unspecified atom stereocenters. The summed E-state index contributed by atoms with van der Waals surface area (Å²) in [5.74, 6) is 1.25. The van der Waals surface area contributed by atoms with Gasteiger partial charge in [0.25, 0.3) is 5.91 Å². The minimum Gasteiger partial charge on any atom is -0.490 e. The summed E-state index contributed by atoms with van der Waals surface area (Å²) in [6, 6.07) is 12.5. The molecule has 2 aliphatic heterocycles. The van der Waals surface area contributed by atoms with Crippen LogP contribution in [0.4, 0.5) is 4.39 Å². The molecule has 3 aromatic rings. The molecule has 1 saturated heterocycles. The number of amides is 1. The fourth-order valence-electron chi connectivity index (χ4n) is 4.00. The predicted molar refractivity (Wildman–Crippen MR) is 107 cm³/mol. The topological polar surface area (TPSA) is 38.8 Å². The van der Waals surface area contributed by atoms with Crippen LogP contribution >= 0.6 is 11.3 Å².